The van der Waals surface area contributed by atoms with Gasteiger partial charge in [0.15, 0.2) is 0 Å². The van der Waals surface area contributed by atoms with Crippen molar-refractivity contribution in [1.82, 2.24) is 10.2 Å². The van der Waals surface area contributed by atoms with Gasteiger partial charge in [-0.2, -0.15) is 0 Å². The quantitative estimate of drug-likeness (QED) is 0.820. The molecule has 6 heteroatoms. The first-order chi connectivity index (χ1) is 10.7. The van der Waals surface area contributed by atoms with Crippen molar-refractivity contribution in [2.75, 3.05) is 26.3 Å². The summed E-state index contributed by atoms with van der Waals surface area (Å²) in [6.07, 6.45) is 3.09. The first-order valence-corrected chi connectivity index (χ1v) is 7.35. The van der Waals surface area contributed by atoms with Crippen LogP contribution in [-0.2, 0) is 0 Å². The molecule has 2 rings (SSSR count). The number of halogens is 1. The zero-order chi connectivity index (χ0) is 15.9. The highest BCUT2D eigenvalue weighted by atomic mass is 19.1. The molecule has 1 aliphatic heterocycles. The van der Waals surface area contributed by atoms with Crippen molar-refractivity contribution in [2.45, 2.75) is 18.9 Å². The molecule has 0 radical (unpaired) electrons. The van der Waals surface area contributed by atoms with E-state index in [0.717, 1.165) is 12.0 Å². The van der Waals surface area contributed by atoms with Gasteiger partial charge in [-0.1, -0.05) is 12.1 Å². The lowest BCUT2D eigenvalue weighted by molar-refractivity contribution is 0.180. The maximum absolute atomic E-state index is 13.3. The van der Waals surface area contributed by atoms with Gasteiger partial charge in [0.05, 0.1) is 19.3 Å². The minimum atomic E-state index is -0.362. The highest BCUT2D eigenvalue weighted by Gasteiger charge is 2.23. The predicted octanol–water partition coefficient (Wildman–Crippen LogP) is 2.23. The third-order valence-electron chi connectivity index (χ3n) is 3.55. The van der Waals surface area contributed by atoms with Gasteiger partial charge in [-0.25, -0.2) is 9.18 Å². The Labute approximate surface area is 129 Å². The van der Waals surface area contributed by atoms with Crippen LogP contribution in [0.4, 0.5) is 9.18 Å². The van der Waals surface area contributed by atoms with Gasteiger partial charge in [-0.05, 0) is 18.9 Å². The summed E-state index contributed by atoms with van der Waals surface area (Å²) in [6.45, 7) is 4.58. The molecule has 1 aromatic rings. The first-order valence-electron chi connectivity index (χ1n) is 7.35. The summed E-state index contributed by atoms with van der Waals surface area (Å²) in [4.78, 5) is 13.8. The van der Waals surface area contributed by atoms with E-state index in [2.05, 4.69) is 11.9 Å². The number of carbonyl (C=O) groups excluding carboxylic acids is 1. The third-order valence-corrected chi connectivity index (χ3v) is 3.55. The van der Waals surface area contributed by atoms with E-state index >= 15 is 0 Å². The van der Waals surface area contributed by atoms with Crippen LogP contribution in [0.3, 0.4) is 0 Å². The van der Waals surface area contributed by atoms with E-state index in [1.165, 1.54) is 17.0 Å². The van der Waals surface area contributed by atoms with Crippen molar-refractivity contribution < 1.29 is 19.0 Å². The van der Waals surface area contributed by atoms with Crippen molar-refractivity contribution in [3.05, 3.63) is 42.2 Å². The average Bonchev–Trinajstić information content (AvgIpc) is 2.69. The van der Waals surface area contributed by atoms with Gasteiger partial charge >= 0.3 is 6.03 Å². The Hall–Kier alpha value is -2.08. The van der Waals surface area contributed by atoms with E-state index in [1.54, 1.807) is 12.1 Å². The molecule has 0 saturated heterocycles. The van der Waals surface area contributed by atoms with Crippen molar-refractivity contribution in [1.29, 1.82) is 0 Å². The number of nitrogens with zero attached hydrogens (tertiary/aromatic N) is 1. The number of aliphatic hydroxyl groups excluding tert-OH is 1. The summed E-state index contributed by atoms with van der Waals surface area (Å²) < 4.78 is 18.9. The maximum atomic E-state index is 13.3. The van der Waals surface area contributed by atoms with Crippen molar-refractivity contribution in [3.63, 3.8) is 0 Å². The van der Waals surface area contributed by atoms with Crippen LogP contribution in [0, 0.1) is 5.82 Å². The van der Waals surface area contributed by atoms with Crippen LogP contribution in [0.1, 0.15) is 24.4 Å². The van der Waals surface area contributed by atoms with Gasteiger partial charge < -0.3 is 20.1 Å². The molecule has 1 heterocycles. The summed E-state index contributed by atoms with van der Waals surface area (Å²) in [5.74, 6) is 0.111. The van der Waals surface area contributed by atoms with Gasteiger partial charge in [0.1, 0.15) is 11.6 Å². The van der Waals surface area contributed by atoms with Gasteiger partial charge in [-0.15, -0.1) is 6.58 Å². The molecule has 22 heavy (non-hydrogen) atoms. The van der Waals surface area contributed by atoms with E-state index in [9.17, 15) is 9.18 Å². The number of carbonyl (C=O) groups is 1. The standard InChI is InChI=1S/C16H21FN2O3/c1-2-7-19(8-9-20)16(21)18-14-4-3-10-22-15-11-12(17)5-6-13(14)15/h2,5-6,11,14,20H,1,3-4,7-10H2,(H,18,21). The highest BCUT2D eigenvalue weighted by molar-refractivity contribution is 5.75. The van der Waals surface area contributed by atoms with Crippen LogP contribution in [-0.4, -0.2) is 42.3 Å². The van der Waals surface area contributed by atoms with E-state index < -0.39 is 0 Å². The van der Waals surface area contributed by atoms with E-state index in [0.29, 0.717) is 25.3 Å². The monoisotopic (exact) mass is 308 g/mol. The molecule has 120 valence electrons. The normalized spacial score (nSPS) is 16.9. The number of amides is 2. The lowest BCUT2D eigenvalue weighted by atomic mass is 10.0. The van der Waals surface area contributed by atoms with E-state index in [1.807, 2.05) is 0 Å². The summed E-state index contributed by atoms with van der Waals surface area (Å²) in [6, 6.07) is 3.83. The second-order valence-corrected chi connectivity index (χ2v) is 5.13. The van der Waals surface area contributed by atoms with Crippen LogP contribution < -0.4 is 10.1 Å². The third kappa shape index (κ3) is 3.98. The number of hydrogen-bond donors (Lipinski definition) is 2. The smallest absolute Gasteiger partial charge is 0.318 e. The molecule has 0 saturated carbocycles. The van der Waals surface area contributed by atoms with Gasteiger partial charge in [0.25, 0.3) is 0 Å². The fourth-order valence-electron chi connectivity index (χ4n) is 2.49. The molecule has 2 amide bonds. The number of rotatable bonds is 5. The number of nitrogens with one attached hydrogen (secondary N) is 1. The van der Waals surface area contributed by atoms with Crippen LogP contribution >= 0.6 is 0 Å². The summed E-state index contributed by atoms with van der Waals surface area (Å²) in [7, 11) is 0. The molecule has 5 nitrogen and oxygen atoms in total. The van der Waals surface area contributed by atoms with E-state index in [-0.39, 0.29) is 31.0 Å². The molecular weight excluding hydrogens is 287 g/mol. The minimum Gasteiger partial charge on any atom is -0.493 e. The Morgan fingerprint density at radius 1 is 1.59 bits per heavy atom. The molecule has 0 spiro atoms. The van der Waals surface area contributed by atoms with Crippen LogP contribution in [0.5, 0.6) is 5.75 Å². The van der Waals surface area contributed by atoms with Gasteiger partial charge in [0.2, 0.25) is 0 Å². The molecule has 0 aromatic heterocycles. The van der Waals surface area contributed by atoms with Crippen molar-refractivity contribution >= 4 is 6.03 Å². The highest BCUT2D eigenvalue weighted by Crippen LogP contribution is 2.32. The minimum absolute atomic E-state index is 0.114. The SMILES string of the molecule is C=CCN(CCO)C(=O)NC1CCCOc2cc(F)ccc21. The van der Waals surface area contributed by atoms with Gasteiger partial charge in [-0.3, -0.25) is 0 Å². The zero-order valence-corrected chi connectivity index (χ0v) is 12.4. The zero-order valence-electron chi connectivity index (χ0n) is 12.4. The number of fused-ring (bicyclic) bond motifs is 1. The number of benzene rings is 1. The largest absolute Gasteiger partial charge is 0.493 e. The lowest BCUT2D eigenvalue weighted by Crippen LogP contribution is -2.43. The van der Waals surface area contributed by atoms with E-state index in [4.69, 9.17) is 9.84 Å². The predicted molar refractivity (Wildman–Crippen MR) is 81.3 cm³/mol. The Morgan fingerprint density at radius 3 is 3.14 bits per heavy atom. The second-order valence-electron chi connectivity index (χ2n) is 5.13. The fourth-order valence-corrected chi connectivity index (χ4v) is 2.49. The Balaban J connectivity index is 2.14. The van der Waals surface area contributed by atoms with Gasteiger partial charge in [0, 0.05) is 24.7 Å². The second kappa shape index (κ2) is 7.79. The Kier molecular flexibility index (Phi) is 5.77. The molecule has 2 N–H and O–H groups in total. The van der Waals surface area contributed by atoms with Crippen LogP contribution in [0.2, 0.25) is 0 Å². The molecule has 1 unspecified atom stereocenters. The summed E-state index contributed by atoms with van der Waals surface area (Å²) >= 11 is 0. The van der Waals surface area contributed by atoms with Crippen LogP contribution in [0.15, 0.2) is 30.9 Å². The Bertz CT molecular complexity index is 536. The maximum Gasteiger partial charge on any atom is 0.318 e. The molecular formula is C16H21FN2O3. The number of hydrogen-bond acceptors (Lipinski definition) is 3. The fraction of sp³-hybridized carbons (Fsp3) is 0.438. The molecule has 1 aromatic carbocycles. The summed E-state index contributed by atoms with van der Waals surface area (Å²) in [5, 5.41) is 12.0. The Morgan fingerprint density at radius 2 is 2.41 bits per heavy atom. The molecule has 1 atom stereocenters. The average molecular weight is 308 g/mol. The molecule has 0 bridgehead atoms. The van der Waals surface area contributed by atoms with Crippen molar-refractivity contribution in [2.24, 2.45) is 0 Å². The van der Waals surface area contributed by atoms with Crippen molar-refractivity contribution in [3.8, 4) is 5.75 Å². The topological polar surface area (TPSA) is 61.8 Å². The molecule has 0 aliphatic carbocycles. The molecule has 0 fully saturated rings. The lowest BCUT2D eigenvalue weighted by Gasteiger charge is -2.25. The van der Waals surface area contributed by atoms with Crippen LogP contribution in [0.25, 0.3) is 0 Å². The number of ether oxygens (including phenoxy) is 1. The number of urea groups is 1. The first kappa shape index (κ1) is 16.3. The number of aliphatic hydroxyl groups is 1. The molecule has 1 aliphatic rings. The summed E-state index contributed by atoms with van der Waals surface area (Å²) in [5.41, 5.74) is 0.773.